The van der Waals surface area contributed by atoms with Gasteiger partial charge >= 0.3 is 0 Å². The first-order valence-electron chi connectivity index (χ1n) is 5.69. The zero-order valence-electron chi connectivity index (χ0n) is 9.19. The molecular weight excluding hydrogens is 330 g/mol. The Morgan fingerprint density at radius 3 is 2.88 bits per heavy atom. The zero-order chi connectivity index (χ0) is 11.3. The Labute approximate surface area is 113 Å². The number of hydrogen-bond donors (Lipinski definition) is 0. The van der Waals surface area contributed by atoms with Crippen LogP contribution in [0.4, 0.5) is 5.69 Å². The van der Waals surface area contributed by atoms with E-state index in [0.717, 1.165) is 21.1 Å². The summed E-state index contributed by atoms with van der Waals surface area (Å²) >= 11 is 7.19. The lowest BCUT2D eigenvalue weighted by Crippen LogP contribution is -2.32. The first kappa shape index (κ1) is 11.0. The molecule has 1 atom stereocenters. The van der Waals surface area contributed by atoms with Gasteiger partial charge in [0.1, 0.15) is 0 Å². The first-order chi connectivity index (χ1) is 7.61. The maximum absolute atomic E-state index is 4.83. The van der Waals surface area contributed by atoms with Gasteiger partial charge in [0.25, 0.3) is 0 Å². The van der Waals surface area contributed by atoms with E-state index in [1.165, 1.54) is 30.5 Å². The molecule has 1 aromatic rings. The van der Waals surface area contributed by atoms with E-state index in [1.807, 2.05) is 0 Å². The van der Waals surface area contributed by atoms with Crippen LogP contribution >= 0.6 is 31.9 Å². The molecule has 84 valence electrons. The molecule has 0 aromatic heterocycles. The zero-order valence-corrected chi connectivity index (χ0v) is 12.4. The number of aliphatic imine (C=N–C) groups is 1. The second-order valence-electron chi connectivity index (χ2n) is 4.88. The summed E-state index contributed by atoms with van der Waals surface area (Å²) in [6.07, 6.45) is 5.01. The largest absolute Gasteiger partial charge is 0.255 e. The fourth-order valence-corrected chi connectivity index (χ4v) is 4.21. The van der Waals surface area contributed by atoms with Gasteiger partial charge in [0.05, 0.1) is 5.69 Å². The van der Waals surface area contributed by atoms with Gasteiger partial charge in [-0.15, -0.1) is 0 Å². The third-order valence-corrected chi connectivity index (χ3v) is 4.91. The standard InChI is InChI=1S/C13H13Br2N/c1-13-5-3-2-4-11(13)16-12-9(13)6-8(14)7-10(12)15/h6-7H,2-5H2,1H3. The van der Waals surface area contributed by atoms with Crippen molar-refractivity contribution in [3.05, 3.63) is 26.6 Å². The van der Waals surface area contributed by atoms with E-state index >= 15 is 0 Å². The van der Waals surface area contributed by atoms with Crippen molar-refractivity contribution in [2.24, 2.45) is 4.99 Å². The van der Waals surface area contributed by atoms with Crippen LogP contribution in [0, 0.1) is 0 Å². The minimum absolute atomic E-state index is 0.194. The van der Waals surface area contributed by atoms with Gasteiger partial charge in [0, 0.05) is 20.1 Å². The first-order valence-corrected chi connectivity index (χ1v) is 7.27. The number of halogens is 2. The lowest BCUT2D eigenvalue weighted by molar-refractivity contribution is 0.498. The maximum Gasteiger partial charge on any atom is 0.0813 e. The molecular formula is C13H13Br2N. The minimum atomic E-state index is 0.194. The summed E-state index contributed by atoms with van der Waals surface area (Å²) in [5.41, 5.74) is 4.12. The molecule has 1 aromatic carbocycles. The van der Waals surface area contributed by atoms with E-state index in [4.69, 9.17) is 4.99 Å². The quantitative estimate of drug-likeness (QED) is 0.619. The molecule has 3 rings (SSSR count). The van der Waals surface area contributed by atoms with Crippen LogP contribution in [-0.4, -0.2) is 5.71 Å². The monoisotopic (exact) mass is 341 g/mol. The normalized spacial score (nSPS) is 27.3. The molecule has 0 amide bonds. The van der Waals surface area contributed by atoms with E-state index in [1.54, 1.807) is 0 Å². The van der Waals surface area contributed by atoms with Gasteiger partial charge in [-0.2, -0.15) is 0 Å². The Bertz CT molecular complexity index is 493. The van der Waals surface area contributed by atoms with E-state index in [2.05, 4.69) is 50.9 Å². The predicted octanol–water partition coefficient (Wildman–Crippen LogP) is 5.13. The average Bonchev–Trinajstić information content (AvgIpc) is 2.52. The molecule has 1 saturated carbocycles. The Morgan fingerprint density at radius 2 is 2.06 bits per heavy atom. The molecule has 0 radical (unpaired) electrons. The number of hydrogen-bond acceptors (Lipinski definition) is 1. The number of rotatable bonds is 0. The Morgan fingerprint density at radius 1 is 1.25 bits per heavy atom. The lowest BCUT2D eigenvalue weighted by Gasteiger charge is -2.31. The molecule has 0 spiro atoms. The SMILES string of the molecule is CC12CCCCC1=Nc1c(Br)cc(Br)cc12. The molecule has 1 fully saturated rings. The highest BCUT2D eigenvalue weighted by molar-refractivity contribution is 9.11. The molecule has 1 unspecified atom stereocenters. The van der Waals surface area contributed by atoms with Crippen LogP contribution in [0.25, 0.3) is 0 Å². The molecule has 0 N–H and O–H groups in total. The minimum Gasteiger partial charge on any atom is -0.255 e. The van der Waals surface area contributed by atoms with Crippen molar-refractivity contribution in [3.8, 4) is 0 Å². The van der Waals surface area contributed by atoms with Crippen molar-refractivity contribution in [2.75, 3.05) is 0 Å². The summed E-state index contributed by atoms with van der Waals surface area (Å²) in [5.74, 6) is 0. The van der Waals surface area contributed by atoms with Gasteiger partial charge in [-0.05, 0) is 52.9 Å². The lowest BCUT2D eigenvalue weighted by atomic mass is 9.71. The van der Waals surface area contributed by atoms with Crippen LogP contribution in [0.5, 0.6) is 0 Å². The highest BCUT2D eigenvalue weighted by Gasteiger charge is 2.41. The molecule has 1 aliphatic carbocycles. The van der Waals surface area contributed by atoms with Crippen LogP contribution in [0.2, 0.25) is 0 Å². The Kier molecular flexibility index (Phi) is 2.52. The molecule has 0 saturated heterocycles. The third kappa shape index (κ3) is 1.44. The van der Waals surface area contributed by atoms with Crippen molar-refractivity contribution >= 4 is 43.3 Å². The summed E-state index contributed by atoms with van der Waals surface area (Å²) in [4.78, 5) is 4.83. The van der Waals surface area contributed by atoms with Crippen molar-refractivity contribution in [1.29, 1.82) is 0 Å². The van der Waals surface area contributed by atoms with Gasteiger partial charge in [-0.25, -0.2) is 0 Å². The van der Waals surface area contributed by atoms with Gasteiger partial charge in [0.2, 0.25) is 0 Å². The fourth-order valence-electron chi connectivity index (χ4n) is 2.90. The Balaban J connectivity index is 2.23. The predicted molar refractivity (Wildman–Crippen MR) is 74.8 cm³/mol. The van der Waals surface area contributed by atoms with Crippen LogP contribution in [0.3, 0.4) is 0 Å². The number of benzene rings is 1. The van der Waals surface area contributed by atoms with Gasteiger partial charge in [-0.1, -0.05) is 29.3 Å². The molecule has 2 aliphatic rings. The number of nitrogens with zero attached hydrogens (tertiary/aromatic N) is 1. The highest BCUT2D eigenvalue weighted by Crippen LogP contribution is 2.50. The summed E-state index contributed by atoms with van der Waals surface area (Å²) in [6, 6.07) is 4.32. The van der Waals surface area contributed by atoms with Gasteiger partial charge in [-0.3, -0.25) is 4.99 Å². The van der Waals surface area contributed by atoms with Crippen LogP contribution in [0.1, 0.15) is 38.2 Å². The molecule has 3 heteroatoms. The molecule has 1 heterocycles. The number of fused-ring (bicyclic) bond motifs is 3. The summed E-state index contributed by atoms with van der Waals surface area (Å²) in [5, 5.41) is 0. The van der Waals surface area contributed by atoms with E-state index in [0.29, 0.717) is 0 Å². The van der Waals surface area contributed by atoms with Gasteiger partial charge in [0.15, 0.2) is 0 Å². The smallest absolute Gasteiger partial charge is 0.0813 e. The average molecular weight is 343 g/mol. The van der Waals surface area contributed by atoms with Crippen molar-refractivity contribution < 1.29 is 0 Å². The molecule has 1 aliphatic heterocycles. The molecule has 0 bridgehead atoms. The summed E-state index contributed by atoms with van der Waals surface area (Å²) in [6.45, 7) is 2.34. The van der Waals surface area contributed by atoms with Gasteiger partial charge < -0.3 is 0 Å². The second-order valence-corrected chi connectivity index (χ2v) is 6.65. The fraction of sp³-hybridized carbons (Fsp3) is 0.462. The molecule has 1 nitrogen and oxygen atoms in total. The van der Waals surface area contributed by atoms with Crippen LogP contribution < -0.4 is 0 Å². The summed E-state index contributed by atoms with van der Waals surface area (Å²) in [7, 11) is 0. The summed E-state index contributed by atoms with van der Waals surface area (Å²) < 4.78 is 2.25. The topological polar surface area (TPSA) is 12.4 Å². The van der Waals surface area contributed by atoms with E-state index < -0.39 is 0 Å². The van der Waals surface area contributed by atoms with E-state index in [9.17, 15) is 0 Å². The highest BCUT2D eigenvalue weighted by atomic mass is 79.9. The molecule has 16 heavy (non-hydrogen) atoms. The van der Waals surface area contributed by atoms with Crippen molar-refractivity contribution in [1.82, 2.24) is 0 Å². The maximum atomic E-state index is 4.83. The van der Waals surface area contributed by atoms with Crippen LogP contribution in [0.15, 0.2) is 26.1 Å². The van der Waals surface area contributed by atoms with Crippen molar-refractivity contribution in [3.63, 3.8) is 0 Å². The second kappa shape index (κ2) is 3.67. The van der Waals surface area contributed by atoms with Crippen LogP contribution in [-0.2, 0) is 5.41 Å². The Hall–Kier alpha value is -0.150. The third-order valence-electron chi connectivity index (χ3n) is 3.85. The van der Waals surface area contributed by atoms with Crippen molar-refractivity contribution in [2.45, 2.75) is 38.0 Å². The van der Waals surface area contributed by atoms with E-state index in [-0.39, 0.29) is 5.41 Å².